The van der Waals surface area contributed by atoms with Crippen molar-refractivity contribution in [1.82, 2.24) is 0 Å². The van der Waals surface area contributed by atoms with Gasteiger partial charge in [-0.3, -0.25) is 0 Å². The summed E-state index contributed by atoms with van der Waals surface area (Å²) in [5, 5.41) is 3.43. The molecular formula is C26H23NO. The highest BCUT2D eigenvalue weighted by atomic mass is 16.5. The van der Waals surface area contributed by atoms with E-state index in [1.807, 2.05) is 24.3 Å². The third-order valence-electron chi connectivity index (χ3n) is 4.67. The van der Waals surface area contributed by atoms with Gasteiger partial charge in [-0.15, -0.1) is 0 Å². The predicted molar refractivity (Wildman–Crippen MR) is 118 cm³/mol. The molecule has 2 nitrogen and oxygen atoms in total. The van der Waals surface area contributed by atoms with Gasteiger partial charge in [0.1, 0.15) is 11.5 Å². The van der Waals surface area contributed by atoms with Gasteiger partial charge in [-0.1, -0.05) is 59.7 Å². The summed E-state index contributed by atoms with van der Waals surface area (Å²) in [6, 6.07) is 33.1. The van der Waals surface area contributed by atoms with Crippen molar-refractivity contribution in [2.75, 3.05) is 5.32 Å². The van der Waals surface area contributed by atoms with Gasteiger partial charge in [0.05, 0.1) is 0 Å². The molecule has 0 heterocycles. The van der Waals surface area contributed by atoms with Crippen LogP contribution in [0.4, 0.5) is 11.4 Å². The molecule has 28 heavy (non-hydrogen) atoms. The molecule has 0 bridgehead atoms. The van der Waals surface area contributed by atoms with Gasteiger partial charge in [0.25, 0.3) is 0 Å². The van der Waals surface area contributed by atoms with Crippen molar-refractivity contribution in [3.63, 3.8) is 0 Å². The molecule has 0 unspecified atom stereocenters. The molecule has 4 aromatic rings. The Balaban J connectivity index is 1.43. The quantitative estimate of drug-likeness (QED) is 0.395. The average molecular weight is 365 g/mol. The maximum Gasteiger partial charge on any atom is 0.127 e. The first kappa shape index (κ1) is 17.9. The van der Waals surface area contributed by atoms with Crippen LogP contribution in [0, 0.1) is 13.8 Å². The number of nitrogens with one attached hydrogen (secondary N) is 1. The molecule has 0 saturated heterocycles. The van der Waals surface area contributed by atoms with Gasteiger partial charge >= 0.3 is 0 Å². The van der Waals surface area contributed by atoms with Crippen molar-refractivity contribution < 1.29 is 4.74 Å². The number of rotatable bonds is 5. The van der Waals surface area contributed by atoms with Crippen molar-refractivity contribution in [1.29, 1.82) is 0 Å². The summed E-state index contributed by atoms with van der Waals surface area (Å²) in [6.45, 7) is 4.16. The summed E-state index contributed by atoms with van der Waals surface area (Å²) in [4.78, 5) is 0. The summed E-state index contributed by atoms with van der Waals surface area (Å²) >= 11 is 0. The lowest BCUT2D eigenvalue weighted by atomic mass is 10.1. The Morgan fingerprint density at radius 2 is 0.821 bits per heavy atom. The number of hydrogen-bond donors (Lipinski definition) is 1. The highest BCUT2D eigenvalue weighted by Crippen LogP contribution is 2.27. The first-order chi connectivity index (χ1) is 13.7. The number of hydrogen-bond acceptors (Lipinski definition) is 2. The minimum Gasteiger partial charge on any atom is -0.457 e. The van der Waals surface area contributed by atoms with Gasteiger partial charge in [-0.25, -0.2) is 0 Å². The summed E-state index contributed by atoms with van der Waals surface area (Å²) in [7, 11) is 0. The monoisotopic (exact) mass is 365 g/mol. The van der Waals surface area contributed by atoms with Crippen LogP contribution in [0.15, 0.2) is 97.1 Å². The zero-order valence-corrected chi connectivity index (χ0v) is 16.1. The van der Waals surface area contributed by atoms with Gasteiger partial charge in [0.15, 0.2) is 0 Å². The third kappa shape index (κ3) is 4.41. The molecule has 0 radical (unpaired) electrons. The Bertz CT molecular complexity index is 943. The largest absolute Gasteiger partial charge is 0.457 e. The molecule has 0 aliphatic carbocycles. The van der Waals surface area contributed by atoms with Crippen LogP contribution in [0.2, 0.25) is 0 Å². The lowest BCUT2D eigenvalue weighted by Crippen LogP contribution is -1.90. The van der Waals surface area contributed by atoms with Crippen molar-refractivity contribution in [3.05, 3.63) is 108 Å². The Labute approximate surface area is 166 Å². The molecule has 4 aromatic carbocycles. The molecule has 0 aliphatic heterocycles. The summed E-state index contributed by atoms with van der Waals surface area (Å²) < 4.78 is 5.91. The molecule has 2 heteroatoms. The standard InChI is InChI=1S/C26H23NO/c1-19-3-11-23(12-4-19)27-24-13-7-21(8-14-24)22-9-17-26(18-10-22)28-25-15-5-20(2)6-16-25/h3-18,27H,1-2H3. The fraction of sp³-hybridized carbons (Fsp3) is 0.0769. The molecule has 0 atom stereocenters. The van der Waals surface area contributed by atoms with E-state index in [1.165, 1.54) is 16.7 Å². The van der Waals surface area contributed by atoms with E-state index in [-0.39, 0.29) is 0 Å². The van der Waals surface area contributed by atoms with Crippen LogP contribution in [-0.4, -0.2) is 0 Å². The molecule has 4 rings (SSSR count). The highest BCUT2D eigenvalue weighted by Gasteiger charge is 2.02. The maximum absolute atomic E-state index is 5.91. The van der Waals surface area contributed by atoms with Gasteiger partial charge in [-0.2, -0.15) is 0 Å². The molecule has 0 saturated carbocycles. The Morgan fingerprint density at radius 3 is 1.32 bits per heavy atom. The normalized spacial score (nSPS) is 10.5. The topological polar surface area (TPSA) is 21.3 Å². The van der Waals surface area contributed by atoms with Crippen molar-refractivity contribution in [2.24, 2.45) is 0 Å². The van der Waals surface area contributed by atoms with E-state index in [4.69, 9.17) is 4.74 Å². The first-order valence-electron chi connectivity index (χ1n) is 9.44. The Morgan fingerprint density at radius 1 is 0.464 bits per heavy atom. The summed E-state index contributed by atoms with van der Waals surface area (Å²) in [6.07, 6.45) is 0. The molecule has 0 aromatic heterocycles. The molecule has 0 amide bonds. The van der Waals surface area contributed by atoms with Gasteiger partial charge < -0.3 is 10.1 Å². The maximum atomic E-state index is 5.91. The zero-order chi connectivity index (χ0) is 19.3. The zero-order valence-electron chi connectivity index (χ0n) is 16.1. The van der Waals surface area contributed by atoms with Crippen LogP contribution in [0.3, 0.4) is 0 Å². The minimum atomic E-state index is 0.838. The SMILES string of the molecule is Cc1ccc(Nc2ccc(-c3ccc(Oc4ccc(C)cc4)cc3)cc2)cc1. The second-order valence-corrected chi connectivity index (χ2v) is 7.01. The van der Waals surface area contributed by atoms with Crippen LogP contribution in [0.1, 0.15) is 11.1 Å². The summed E-state index contributed by atoms with van der Waals surface area (Å²) in [5.74, 6) is 1.69. The van der Waals surface area contributed by atoms with Crippen LogP contribution >= 0.6 is 0 Å². The van der Waals surface area contributed by atoms with E-state index >= 15 is 0 Å². The fourth-order valence-corrected chi connectivity index (χ4v) is 3.01. The molecule has 0 fully saturated rings. The van der Waals surface area contributed by atoms with E-state index in [0.29, 0.717) is 0 Å². The fourth-order valence-electron chi connectivity index (χ4n) is 3.01. The molecular weight excluding hydrogens is 342 g/mol. The van der Waals surface area contributed by atoms with Crippen molar-refractivity contribution in [2.45, 2.75) is 13.8 Å². The van der Waals surface area contributed by atoms with Crippen LogP contribution in [0.5, 0.6) is 11.5 Å². The molecule has 0 aliphatic rings. The first-order valence-corrected chi connectivity index (χ1v) is 9.44. The van der Waals surface area contributed by atoms with E-state index in [9.17, 15) is 0 Å². The van der Waals surface area contributed by atoms with Crippen LogP contribution < -0.4 is 10.1 Å². The van der Waals surface area contributed by atoms with E-state index in [1.54, 1.807) is 0 Å². The van der Waals surface area contributed by atoms with Crippen LogP contribution in [0.25, 0.3) is 11.1 Å². The molecule has 0 spiro atoms. The second kappa shape index (κ2) is 8.01. The molecule has 1 N–H and O–H groups in total. The van der Waals surface area contributed by atoms with E-state index < -0.39 is 0 Å². The smallest absolute Gasteiger partial charge is 0.127 e. The average Bonchev–Trinajstić information content (AvgIpc) is 2.73. The number of aryl methyl sites for hydroxylation is 2. The second-order valence-electron chi connectivity index (χ2n) is 7.01. The molecule has 138 valence electrons. The third-order valence-corrected chi connectivity index (χ3v) is 4.67. The lowest BCUT2D eigenvalue weighted by molar-refractivity contribution is 0.482. The lowest BCUT2D eigenvalue weighted by Gasteiger charge is -2.09. The van der Waals surface area contributed by atoms with Crippen molar-refractivity contribution >= 4 is 11.4 Å². The predicted octanol–water partition coefficient (Wildman–Crippen LogP) is 7.51. The van der Waals surface area contributed by atoms with Gasteiger partial charge in [-0.05, 0) is 73.5 Å². The van der Waals surface area contributed by atoms with Gasteiger partial charge in [0, 0.05) is 11.4 Å². The Kier molecular flexibility index (Phi) is 5.11. The number of anilines is 2. The highest BCUT2D eigenvalue weighted by molar-refractivity contribution is 5.69. The van der Waals surface area contributed by atoms with Crippen LogP contribution in [-0.2, 0) is 0 Å². The van der Waals surface area contributed by atoms with E-state index in [2.05, 4.69) is 92.0 Å². The Hall–Kier alpha value is -3.52. The van der Waals surface area contributed by atoms with E-state index in [0.717, 1.165) is 28.4 Å². The van der Waals surface area contributed by atoms with Crippen molar-refractivity contribution in [3.8, 4) is 22.6 Å². The number of ether oxygens (including phenoxy) is 1. The summed E-state index contributed by atoms with van der Waals surface area (Å²) in [5.41, 5.74) is 7.00. The minimum absolute atomic E-state index is 0.838. The van der Waals surface area contributed by atoms with Gasteiger partial charge in [0.2, 0.25) is 0 Å². The number of benzene rings is 4.